The molecule has 128 valence electrons. The van der Waals surface area contributed by atoms with Gasteiger partial charge in [-0.3, -0.25) is 0 Å². The number of rotatable bonds is 6. The first-order chi connectivity index (χ1) is 11.7. The fourth-order valence-corrected chi connectivity index (χ4v) is 3.36. The lowest BCUT2D eigenvalue weighted by Crippen LogP contribution is -2.18. The Labute approximate surface area is 145 Å². The minimum absolute atomic E-state index is 0.700. The van der Waals surface area contributed by atoms with Gasteiger partial charge >= 0.3 is 0 Å². The molecule has 0 aromatic heterocycles. The Kier molecular flexibility index (Phi) is 5.79. The Bertz CT molecular complexity index is 607. The average molecular weight is 324 g/mol. The molecule has 0 heterocycles. The highest BCUT2D eigenvalue weighted by atomic mass is 16.5. The Balaban J connectivity index is 1.55. The zero-order valence-corrected chi connectivity index (χ0v) is 14.8. The lowest BCUT2D eigenvalue weighted by Gasteiger charge is -2.26. The van der Waals surface area contributed by atoms with E-state index in [0.717, 1.165) is 29.9 Å². The fraction of sp³-hybridized carbons (Fsp3) is 0.455. The summed E-state index contributed by atoms with van der Waals surface area (Å²) in [6.07, 6.45) is 5.33. The molecule has 2 aromatic rings. The molecule has 0 atom stereocenters. The van der Waals surface area contributed by atoms with E-state index >= 15 is 0 Å². The molecule has 2 heteroatoms. The van der Waals surface area contributed by atoms with Crippen molar-refractivity contribution >= 4 is 0 Å². The lowest BCUT2D eigenvalue weighted by atomic mass is 9.83. The molecule has 24 heavy (non-hydrogen) atoms. The van der Waals surface area contributed by atoms with Crippen LogP contribution in [0.3, 0.4) is 0 Å². The van der Waals surface area contributed by atoms with E-state index in [1.807, 2.05) is 19.1 Å². The van der Waals surface area contributed by atoms with Crippen molar-refractivity contribution in [3.8, 4) is 22.6 Å². The second kappa shape index (κ2) is 8.23. The Morgan fingerprint density at radius 1 is 0.750 bits per heavy atom. The van der Waals surface area contributed by atoms with Crippen LogP contribution in [0.15, 0.2) is 48.5 Å². The zero-order valence-electron chi connectivity index (χ0n) is 14.8. The molecule has 1 aliphatic carbocycles. The van der Waals surface area contributed by atoms with E-state index < -0.39 is 0 Å². The van der Waals surface area contributed by atoms with Crippen molar-refractivity contribution in [3.63, 3.8) is 0 Å². The Morgan fingerprint density at radius 2 is 1.25 bits per heavy atom. The van der Waals surface area contributed by atoms with Gasteiger partial charge in [0.15, 0.2) is 0 Å². The van der Waals surface area contributed by atoms with Crippen LogP contribution in [0.1, 0.15) is 39.5 Å². The number of ether oxygens (including phenoxy) is 2. The van der Waals surface area contributed by atoms with Gasteiger partial charge in [-0.2, -0.15) is 0 Å². The van der Waals surface area contributed by atoms with Gasteiger partial charge in [0.05, 0.1) is 13.2 Å². The Morgan fingerprint density at radius 3 is 1.75 bits per heavy atom. The molecule has 0 radical (unpaired) electrons. The van der Waals surface area contributed by atoms with E-state index in [9.17, 15) is 0 Å². The summed E-state index contributed by atoms with van der Waals surface area (Å²) >= 11 is 0. The highest BCUT2D eigenvalue weighted by Crippen LogP contribution is 2.29. The fourth-order valence-electron chi connectivity index (χ4n) is 3.36. The first kappa shape index (κ1) is 16.9. The molecular formula is C22H28O2. The third kappa shape index (κ3) is 4.53. The van der Waals surface area contributed by atoms with Crippen molar-refractivity contribution in [3.05, 3.63) is 48.5 Å². The van der Waals surface area contributed by atoms with Gasteiger partial charge in [-0.05, 0) is 67.0 Å². The van der Waals surface area contributed by atoms with Gasteiger partial charge in [0, 0.05) is 0 Å². The first-order valence-corrected chi connectivity index (χ1v) is 9.20. The second-order valence-corrected chi connectivity index (χ2v) is 6.92. The van der Waals surface area contributed by atoms with Crippen LogP contribution >= 0.6 is 0 Å². The van der Waals surface area contributed by atoms with Gasteiger partial charge in [-0.1, -0.05) is 44.0 Å². The summed E-state index contributed by atoms with van der Waals surface area (Å²) in [5.41, 5.74) is 2.41. The monoisotopic (exact) mass is 324 g/mol. The average Bonchev–Trinajstić information content (AvgIpc) is 2.63. The highest BCUT2D eigenvalue weighted by Gasteiger charge is 2.18. The van der Waals surface area contributed by atoms with Gasteiger partial charge in [0.1, 0.15) is 11.5 Å². The molecule has 2 nitrogen and oxygen atoms in total. The molecule has 0 N–H and O–H groups in total. The maximum absolute atomic E-state index is 6.00. The topological polar surface area (TPSA) is 18.5 Å². The summed E-state index contributed by atoms with van der Waals surface area (Å²) in [6, 6.07) is 16.7. The molecule has 0 bridgehead atoms. The smallest absolute Gasteiger partial charge is 0.119 e. The molecule has 2 aromatic carbocycles. The molecule has 0 aliphatic heterocycles. The third-order valence-electron chi connectivity index (χ3n) is 4.97. The van der Waals surface area contributed by atoms with Crippen LogP contribution in [0.5, 0.6) is 11.5 Å². The van der Waals surface area contributed by atoms with Crippen LogP contribution in [-0.2, 0) is 0 Å². The maximum Gasteiger partial charge on any atom is 0.119 e. The summed E-state index contributed by atoms with van der Waals surface area (Å²) in [5.74, 6) is 3.52. The van der Waals surface area contributed by atoms with Crippen molar-refractivity contribution in [1.82, 2.24) is 0 Å². The molecule has 0 saturated heterocycles. The summed E-state index contributed by atoms with van der Waals surface area (Å²) in [5, 5.41) is 0. The third-order valence-corrected chi connectivity index (χ3v) is 4.97. The van der Waals surface area contributed by atoms with E-state index in [-0.39, 0.29) is 0 Å². The molecular weight excluding hydrogens is 296 g/mol. The predicted octanol–water partition coefficient (Wildman–Crippen LogP) is 5.96. The van der Waals surface area contributed by atoms with Crippen LogP contribution < -0.4 is 9.47 Å². The molecule has 1 saturated carbocycles. The van der Waals surface area contributed by atoms with Gasteiger partial charge in [0.2, 0.25) is 0 Å². The largest absolute Gasteiger partial charge is 0.494 e. The van der Waals surface area contributed by atoms with Crippen LogP contribution in [-0.4, -0.2) is 13.2 Å². The van der Waals surface area contributed by atoms with Crippen LogP contribution in [0.4, 0.5) is 0 Å². The molecule has 0 amide bonds. The van der Waals surface area contributed by atoms with E-state index in [4.69, 9.17) is 9.47 Å². The number of hydrogen-bond acceptors (Lipinski definition) is 2. The molecule has 0 spiro atoms. The molecule has 1 aliphatic rings. The van der Waals surface area contributed by atoms with Crippen LogP contribution in [0.2, 0.25) is 0 Å². The van der Waals surface area contributed by atoms with Crippen molar-refractivity contribution < 1.29 is 9.47 Å². The summed E-state index contributed by atoms with van der Waals surface area (Å²) in [6.45, 7) is 5.91. The van der Waals surface area contributed by atoms with Gasteiger partial charge < -0.3 is 9.47 Å². The van der Waals surface area contributed by atoms with E-state index in [1.165, 1.54) is 36.8 Å². The number of benzene rings is 2. The van der Waals surface area contributed by atoms with Crippen LogP contribution in [0.25, 0.3) is 11.1 Å². The minimum atomic E-state index is 0.700. The molecule has 3 rings (SSSR count). The van der Waals surface area contributed by atoms with Gasteiger partial charge in [0.25, 0.3) is 0 Å². The van der Waals surface area contributed by atoms with Crippen molar-refractivity contribution in [2.45, 2.75) is 39.5 Å². The maximum atomic E-state index is 6.00. The van der Waals surface area contributed by atoms with Gasteiger partial charge in [-0.15, -0.1) is 0 Å². The highest BCUT2D eigenvalue weighted by molar-refractivity contribution is 5.64. The summed E-state index contributed by atoms with van der Waals surface area (Å²) in [4.78, 5) is 0. The predicted molar refractivity (Wildman–Crippen MR) is 99.7 cm³/mol. The van der Waals surface area contributed by atoms with Crippen molar-refractivity contribution in [1.29, 1.82) is 0 Å². The van der Waals surface area contributed by atoms with E-state index in [1.54, 1.807) is 0 Å². The molecule has 0 unspecified atom stereocenters. The normalized spacial score (nSPS) is 20.6. The summed E-state index contributed by atoms with van der Waals surface area (Å²) in [7, 11) is 0. The zero-order chi connectivity index (χ0) is 16.8. The van der Waals surface area contributed by atoms with Crippen molar-refractivity contribution in [2.75, 3.05) is 13.2 Å². The molecule has 1 fully saturated rings. The summed E-state index contributed by atoms with van der Waals surface area (Å²) < 4.78 is 11.5. The minimum Gasteiger partial charge on any atom is -0.494 e. The van der Waals surface area contributed by atoms with Crippen LogP contribution in [0, 0.1) is 11.8 Å². The van der Waals surface area contributed by atoms with Crippen molar-refractivity contribution in [2.24, 2.45) is 11.8 Å². The van der Waals surface area contributed by atoms with Gasteiger partial charge in [-0.25, -0.2) is 0 Å². The first-order valence-electron chi connectivity index (χ1n) is 9.20. The Hall–Kier alpha value is -1.96. The second-order valence-electron chi connectivity index (χ2n) is 6.92. The van der Waals surface area contributed by atoms with E-state index in [0.29, 0.717) is 6.61 Å². The quantitative estimate of drug-likeness (QED) is 0.653. The van der Waals surface area contributed by atoms with E-state index in [2.05, 4.69) is 43.3 Å². The standard InChI is InChI=1S/C22H28O2/c1-3-23-21-12-8-19(9-13-21)20-10-14-22(15-11-20)24-16-18-6-4-17(2)5-7-18/h8-15,17-18H,3-7,16H2,1-2H3. The SMILES string of the molecule is CCOc1ccc(-c2ccc(OCC3CCC(C)CC3)cc2)cc1. The number of hydrogen-bond donors (Lipinski definition) is 0. The lowest BCUT2D eigenvalue weighted by molar-refractivity contribution is 0.188.